The second-order valence-corrected chi connectivity index (χ2v) is 5.60. The SMILES string of the molecule is O=[N+]([O-])c1ccc(CCNc2c(Cl)cc(Cl)cc2Cl)cc1. The Morgan fingerprint density at radius 3 is 2.14 bits per heavy atom. The third kappa shape index (κ3) is 4.24. The first kappa shape index (κ1) is 15.9. The molecule has 2 aromatic carbocycles. The molecular formula is C14H11Cl3N2O2. The van der Waals surface area contributed by atoms with Crippen LogP contribution in [0.5, 0.6) is 0 Å². The first-order chi connectivity index (χ1) is 9.97. The fourth-order valence-corrected chi connectivity index (χ4v) is 2.78. The molecule has 0 atom stereocenters. The fraction of sp³-hybridized carbons (Fsp3) is 0.143. The van der Waals surface area contributed by atoms with Crippen LogP contribution in [-0.2, 0) is 6.42 Å². The van der Waals surface area contributed by atoms with Crippen molar-refractivity contribution in [3.05, 3.63) is 67.1 Å². The zero-order valence-electron chi connectivity index (χ0n) is 10.8. The quantitative estimate of drug-likeness (QED) is 0.598. The van der Waals surface area contributed by atoms with Gasteiger partial charge in [0, 0.05) is 23.7 Å². The molecule has 0 bridgehead atoms. The standard InChI is InChI=1S/C14H11Cl3N2O2/c15-10-7-12(16)14(13(17)8-10)18-6-5-9-1-3-11(4-2-9)19(20)21/h1-4,7-8,18H,5-6H2. The van der Waals surface area contributed by atoms with Crippen molar-refractivity contribution in [2.24, 2.45) is 0 Å². The summed E-state index contributed by atoms with van der Waals surface area (Å²) in [6.07, 6.45) is 0.688. The monoisotopic (exact) mass is 344 g/mol. The van der Waals surface area contributed by atoms with E-state index in [1.807, 2.05) is 0 Å². The predicted octanol–water partition coefficient (Wildman–Crippen LogP) is 5.21. The maximum atomic E-state index is 10.6. The van der Waals surface area contributed by atoms with Crippen LogP contribution in [0.4, 0.5) is 11.4 Å². The number of hydrogen-bond donors (Lipinski definition) is 1. The van der Waals surface area contributed by atoms with Gasteiger partial charge in [-0.15, -0.1) is 0 Å². The molecule has 7 heteroatoms. The topological polar surface area (TPSA) is 55.2 Å². The highest BCUT2D eigenvalue weighted by Gasteiger charge is 2.08. The zero-order chi connectivity index (χ0) is 15.4. The van der Waals surface area contributed by atoms with E-state index in [0.29, 0.717) is 33.7 Å². The van der Waals surface area contributed by atoms with Crippen molar-refractivity contribution in [2.75, 3.05) is 11.9 Å². The molecule has 0 amide bonds. The Balaban J connectivity index is 1.97. The number of nitrogens with zero attached hydrogens (tertiary/aromatic N) is 1. The van der Waals surface area contributed by atoms with E-state index in [1.54, 1.807) is 24.3 Å². The van der Waals surface area contributed by atoms with E-state index in [0.717, 1.165) is 5.56 Å². The Morgan fingerprint density at radius 1 is 1.05 bits per heavy atom. The van der Waals surface area contributed by atoms with Gasteiger partial charge in [-0.25, -0.2) is 0 Å². The third-order valence-corrected chi connectivity index (χ3v) is 3.68. The van der Waals surface area contributed by atoms with Crippen molar-refractivity contribution < 1.29 is 4.92 Å². The number of nitrogens with one attached hydrogen (secondary N) is 1. The molecule has 0 radical (unpaired) electrons. The van der Waals surface area contributed by atoms with Crippen molar-refractivity contribution in [3.63, 3.8) is 0 Å². The van der Waals surface area contributed by atoms with Crippen LogP contribution in [0.1, 0.15) is 5.56 Å². The summed E-state index contributed by atoms with van der Waals surface area (Å²) in [4.78, 5) is 10.1. The van der Waals surface area contributed by atoms with Crippen LogP contribution in [0.3, 0.4) is 0 Å². The van der Waals surface area contributed by atoms with Gasteiger partial charge in [-0.2, -0.15) is 0 Å². The molecule has 2 aromatic rings. The fourth-order valence-electron chi connectivity index (χ4n) is 1.83. The molecule has 0 aliphatic carbocycles. The van der Waals surface area contributed by atoms with Gasteiger partial charge in [0.25, 0.3) is 5.69 Å². The molecule has 1 N–H and O–H groups in total. The summed E-state index contributed by atoms with van der Waals surface area (Å²) in [5.41, 5.74) is 1.69. The Labute approximate surface area is 136 Å². The van der Waals surface area contributed by atoms with Gasteiger partial charge in [-0.3, -0.25) is 10.1 Å². The van der Waals surface area contributed by atoms with Gasteiger partial charge >= 0.3 is 0 Å². The minimum atomic E-state index is -0.421. The number of hydrogen-bond acceptors (Lipinski definition) is 3. The second-order valence-electron chi connectivity index (χ2n) is 4.34. The van der Waals surface area contributed by atoms with Gasteiger partial charge in [0.05, 0.1) is 20.7 Å². The Kier molecular flexibility index (Phi) is 5.28. The van der Waals surface area contributed by atoms with E-state index in [9.17, 15) is 10.1 Å². The number of nitro benzene ring substituents is 1. The van der Waals surface area contributed by atoms with E-state index in [1.165, 1.54) is 12.1 Å². The molecule has 0 saturated heterocycles. The number of halogens is 3. The Bertz CT molecular complexity index is 637. The van der Waals surface area contributed by atoms with Crippen LogP contribution in [0.25, 0.3) is 0 Å². The largest absolute Gasteiger partial charge is 0.382 e. The molecule has 0 spiro atoms. The summed E-state index contributed by atoms with van der Waals surface area (Å²) in [7, 11) is 0. The smallest absolute Gasteiger partial charge is 0.269 e. The predicted molar refractivity (Wildman–Crippen MR) is 86.8 cm³/mol. The second kappa shape index (κ2) is 6.98. The Morgan fingerprint density at radius 2 is 1.62 bits per heavy atom. The van der Waals surface area contributed by atoms with Crippen LogP contribution >= 0.6 is 34.8 Å². The summed E-state index contributed by atoms with van der Waals surface area (Å²) >= 11 is 18.0. The van der Waals surface area contributed by atoms with Gasteiger partial charge in [0.2, 0.25) is 0 Å². The van der Waals surface area contributed by atoms with Gasteiger partial charge in [0.1, 0.15) is 0 Å². The average molecular weight is 346 g/mol. The first-order valence-corrected chi connectivity index (χ1v) is 7.22. The number of non-ortho nitro benzene ring substituents is 1. The number of nitro groups is 1. The average Bonchev–Trinajstić information content (AvgIpc) is 2.42. The van der Waals surface area contributed by atoms with E-state index >= 15 is 0 Å². The highest BCUT2D eigenvalue weighted by Crippen LogP contribution is 2.33. The molecule has 4 nitrogen and oxygen atoms in total. The van der Waals surface area contributed by atoms with Crippen LogP contribution in [0, 0.1) is 10.1 Å². The molecule has 2 rings (SSSR count). The van der Waals surface area contributed by atoms with Crippen molar-refractivity contribution in [1.29, 1.82) is 0 Å². The summed E-state index contributed by atoms with van der Waals surface area (Å²) in [5, 5.41) is 15.1. The third-order valence-electron chi connectivity index (χ3n) is 2.87. The van der Waals surface area contributed by atoms with Crippen LogP contribution in [0.2, 0.25) is 15.1 Å². The molecule has 0 aliphatic heterocycles. The van der Waals surface area contributed by atoms with Crippen molar-refractivity contribution >= 4 is 46.2 Å². The summed E-state index contributed by atoms with van der Waals surface area (Å²) in [5.74, 6) is 0. The summed E-state index contributed by atoms with van der Waals surface area (Å²) in [6.45, 7) is 0.596. The van der Waals surface area contributed by atoms with E-state index in [2.05, 4.69) is 5.32 Å². The van der Waals surface area contributed by atoms with E-state index in [4.69, 9.17) is 34.8 Å². The molecule has 0 aromatic heterocycles. The number of rotatable bonds is 5. The van der Waals surface area contributed by atoms with Gasteiger partial charge < -0.3 is 5.32 Å². The molecule has 110 valence electrons. The van der Waals surface area contributed by atoms with Gasteiger partial charge in [0.15, 0.2) is 0 Å². The molecular weight excluding hydrogens is 335 g/mol. The number of anilines is 1. The lowest BCUT2D eigenvalue weighted by molar-refractivity contribution is -0.384. The normalized spacial score (nSPS) is 10.4. The zero-order valence-corrected chi connectivity index (χ0v) is 13.0. The van der Waals surface area contributed by atoms with Crippen LogP contribution in [0.15, 0.2) is 36.4 Å². The van der Waals surface area contributed by atoms with Crippen molar-refractivity contribution in [2.45, 2.75) is 6.42 Å². The lowest BCUT2D eigenvalue weighted by Crippen LogP contribution is -2.06. The van der Waals surface area contributed by atoms with Gasteiger partial charge in [-0.1, -0.05) is 46.9 Å². The highest BCUT2D eigenvalue weighted by molar-refractivity contribution is 6.41. The van der Waals surface area contributed by atoms with Gasteiger partial charge in [-0.05, 0) is 24.1 Å². The van der Waals surface area contributed by atoms with Crippen molar-refractivity contribution in [1.82, 2.24) is 0 Å². The highest BCUT2D eigenvalue weighted by atomic mass is 35.5. The molecule has 21 heavy (non-hydrogen) atoms. The number of benzene rings is 2. The summed E-state index contributed by atoms with van der Waals surface area (Å²) < 4.78 is 0. The molecule has 0 aliphatic rings. The van der Waals surface area contributed by atoms with E-state index < -0.39 is 4.92 Å². The van der Waals surface area contributed by atoms with E-state index in [-0.39, 0.29) is 5.69 Å². The maximum absolute atomic E-state index is 10.6. The summed E-state index contributed by atoms with van der Waals surface area (Å²) in [6, 6.07) is 9.65. The lowest BCUT2D eigenvalue weighted by atomic mass is 10.1. The first-order valence-electron chi connectivity index (χ1n) is 6.09. The minimum absolute atomic E-state index is 0.0792. The lowest BCUT2D eigenvalue weighted by Gasteiger charge is -2.11. The van der Waals surface area contributed by atoms with Crippen LogP contribution < -0.4 is 5.32 Å². The minimum Gasteiger partial charge on any atom is -0.382 e. The Hall–Kier alpha value is -1.49. The van der Waals surface area contributed by atoms with Crippen molar-refractivity contribution in [3.8, 4) is 0 Å². The maximum Gasteiger partial charge on any atom is 0.269 e. The molecule has 0 unspecified atom stereocenters. The van der Waals surface area contributed by atoms with Crippen LogP contribution in [-0.4, -0.2) is 11.5 Å². The molecule has 0 saturated carbocycles. The molecule has 0 fully saturated rings. The molecule has 0 heterocycles.